The number of ether oxygens (including phenoxy) is 3. The second-order valence-electron chi connectivity index (χ2n) is 9.39. The number of hydrogen-bond acceptors (Lipinski definition) is 5. The van der Waals surface area contributed by atoms with Gasteiger partial charge in [-0.05, 0) is 81.4 Å². The molecule has 1 aliphatic rings. The Hall–Kier alpha value is -2.14. The summed E-state index contributed by atoms with van der Waals surface area (Å²) in [5.74, 6) is 0.742. The molecule has 0 atom stereocenters. The van der Waals surface area contributed by atoms with Gasteiger partial charge in [0, 0.05) is 12.7 Å². The summed E-state index contributed by atoms with van der Waals surface area (Å²) in [4.78, 5) is 23.6. The van der Waals surface area contributed by atoms with Crippen molar-refractivity contribution < 1.29 is 23.8 Å². The maximum Gasteiger partial charge on any atom is 0.330 e. The molecule has 190 valence electrons. The molecule has 0 aromatic heterocycles. The molecule has 1 fully saturated rings. The summed E-state index contributed by atoms with van der Waals surface area (Å²) in [6.07, 6.45) is 13.6. The fourth-order valence-electron chi connectivity index (χ4n) is 4.69. The summed E-state index contributed by atoms with van der Waals surface area (Å²) in [6, 6.07) is 8.14. The van der Waals surface area contributed by atoms with E-state index in [-0.39, 0.29) is 24.0 Å². The lowest BCUT2D eigenvalue weighted by atomic mass is 9.87. The highest BCUT2D eigenvalue weighted by Gasteiger charge is 2.28. The van der Waals surface area contributed by atoms with Gasteiger partial charge in [0.25, 0.3) is 0 Å². The lowest BCUT2D eigenvalue weighted by Gasteiger charge is -2.27. The third-order valence-electron chi connectivity index (χ3n) is 6.65. The zero-order chi connectivity index (χ0) is 24.6. The van der Waals surface area contributed by atoms with Crippen LogP contribution in [-0.4, -0.2) is 31.3 Å². The average molecular weight is 473 g/mol. The molecule has 0 unspecified atom stereocenters. The van der Waals surface area contributed by atoms with Crippen LogP contribution < -0.4 is 4.74 Å². The first-order valence-corrected chi connectivity index (χ1v) is 13.3. The fourth-order valence-corrected chi connectivity index (χ4v) is 4.69. The second-order valence-corrected chi connectivity index (χ2v) is 9.39. The van der Waals surface area contributed by atoms with Crippen LogP contribution in [0.4, 0.5) is 0 Å². The first-order chi connectivity index (χ1) is 16.6. The molecule has 1 aromatic carbocycles. The molecule has 1 aromatic rings. The highest BCUT2D eigenvalue weighted by atomic mass is 16.5. The van der Waals surface area contributed by atoms with E-state index in [0.717, 1.165) is 58.0 Å². The zero-order valence-electron chi connectivity index (χ0n) is 21.3. The molecule has 1 aliphatic carbocycles. The Kier molecular flexibility index (Phi) is 13.6. The number of carbonyl (C=O) groups excluding carboxylic acids is 2. The molecule has 0 aliphatic heterocycles. The molecule has 0 saturated heterocycles. The molecule has 0 bridgehead atoms. The van der Waals surface area contributed by atoms with Crippen molar-refractivity contribution in [2.24, 2.45) is 5.92 Å². The summed E-state index contributed by atoms with van der Waals surface area (Å²) in [5, 5.41) is 0. The first kappa shape index (κ1) is 28.1. The third kappa shape index (κ3) is 10.4. The highest BCUT2D eigenvalue weighted by Crippen LogP contribution is 2.30. The van der Waals surface area contributed by atoms with Crippen molar-refractivity contribution in [3.8, 4) is 5.75 Å². The van der Waals surface area contributed by atoms with Gasteiger partial charge in [0.1, 0.15) is 5.75 Å². The predicted molar refractivity (Wildman–Crippen MR) is 136 cm³/mol. The molecule has 0 spiro atoms. The molecule has 0 amide bonds. The zero-order valence-corrected chi connectivity index (χ0v) is 21.3. The van der Waals surface area contributed by atoms with E-state index in [4.69, 9.17) is 14.2 Å². The van der Waals surface area contributed by atoms with Gasteiger partial charge in [-0.15, -0.1) is 0 Å². The molecular formula is C29H44O5. The summed E-state index contributed by atoms with van der Waals surface area (Å²) in [7, 11) is 0. The van der Waals surface area contributed by atoms with E-state index in [9.17, 15) is 9.59 Å². The molecule has 34 heavy (non-hydrogen) atoms. The minimum Gasteiger partial charge on any atom is -0.463 e. The van der Waals surface area contributed by atoms with Gasteiger partial charge < -0.3 is 14.2 Å². The highest BCUT2D eigenvalue weighted by molar-refractivity contribution is 5.81. The Balaban J connectivity index is 1.60. The van der Waals surface area contributed by atoms with Crippen LogP contribution in [0.5, 0.6) is 5.75 Å². The van der Waals surface area contributed by atoms with Gasteiger partial charge in [0.05, 0.1) is 18.6 Å². The van der Waals surface area contributed by atoms with Crippen LogP contribution in [0.1, 0.15) is 102 Å². The van der Waals surface area contributed by atoms with Gasteiger partial charge in [-0.1, -0.05) is 51.8 Å². The number of benzene rings is 1. The topological polar surface area (TPSA) is 61.8 Å². The van der Waals surface area contributed by atoms with Crippen LogP contribution in [0.2, 0.25) is 0 Å². The van der Waals surface area contributed by atoms with Crippen LogP contribution in [0.15, 0.2) is 36.9 Å². The fraction of sp³-hybridized carbons (Fsp3) is 0.655. The number of rotatable bonds is 16. The van der Waals surface area contributed by atoms with Crippen molar-refractivity contribution in [3.63, 3.8) is 0 Å². The minimum atomic E-state index is -0.358. The number of unbranched alkanes of at least 4 members (excludes halogenated alkanes) is 3. The van der Waals surface area contributed by atoms with Gasteiger partial charge in [-0.2, -0.15) is 0 Å². The molecule has 5 heteroatoms. The smallest absolute Gasteiger partial charge is 0.330 e. The second kappa shape index (κ2) is 16.5. The first-order valence-electron chi connectivity index (χ1n) is 13.3. The van der Waals surface area contributed by atoms with E-state index in [0.29, 0.717) is 18.3 Å². The Morgan fingerprint density at radius 3 is 2.15 bits per heavy atom. The standard InChI is InChI=1S/C29H44O5/c1-4-11-23(12-5-2)24-13-19-27(20-14-24)34-29(31)25-15-17-26(18-16-25)32-21-9-7-8-10-22-33-28(30)6-3/h6,13-14,19-20,23,25-26H,3-5,7-12,15-18,21-22H2,1-2H3. The van der Waals surface area contributed by atoms with E-state index in [1.807, 2.05) is 12.1 Å². The van der Waals surface area contributed by atoms with Crippen LogP contribution in [0.3, 0.4) is 0 Å². The molecule has 0 heterocycles. The van der Waals surface area contributed by atoms with Gasteiger partial charge in [-0.3, -0.25) is 4.79 Å². The van der Waals surface area contributed by atoms with Crippen molar-refractivity contribution in [2.45, 2.75) is 103 Å². The molecular weight excluding hydrogens is 428 g/mol. The number of hydrogen-bond donors (Lipinski definition) is 0. The van der Waals surface area contributed by atoms with Crippen LogP contribution >= 0.6 is 0 Å². The molecule has 0 radical (unpaired) electrons. The van der Waals surface area contributed by atoms with Gasteiger partial charge in [0.15, 0.2) is 0 Å². The summed E-state index contributed by atoms with van der Waals surface area (Å²) >= 11 is 0. The van der Waals surface area contributed by atoms with Crippen molar-refractivity contribution in [1.82, 2.24) is 0 Å². The average Bonchev–Trinajstić information content (AvgIpc) is 2.86. The Bertz CT molecular complexity index is 713. The maximum atomic E-state index is 12.6. The SMILES string of the molecule is C=CC(=O)OCCCCCCOC1CCC(C(=O)Oc2ccc(C(CCC)CCC)cc2)CC1. The van der Waals surface area contributed by atoms with Crippen LogP contribution in [0.25, 0.3) is 0 Å². The van der Waals surface area contributed by atoms with E-state index < -0.39 is 0 Å². The Morgan fingerprint density at radius 1 is 0.941 bits per heavy atom. The molecule has 2 rings (SSSR count). The van der Waals surface area contributed by atoms with E-state index in [1.165, 1.54) is 37.3 Å². The van der Waals surface area contributed by atoms with Crippen LogP contribution in [-0.2, 0) is 19.1 Å². The summed E-state index contributed by atoms with van der Waals surface area (Å²) in [5.41, 5.74) is 1.34. The van der Waals surface area contributed by atoms with E-state index in [2.05, 4.69) is 32.6 Å². The predicted octanol–water partition coefficient (Wildman–Crippen LogP) is 7.14. The number of carbonyl (C=O) groups is 2. The monoisotopic (exact) mass is 472 g/mol. The van der Waals surface area contributed by atoms with Gasteiger partial charge in [-0.25, -0.2) is 4.79 Å². The van der Waals surface area contributed by atoms with Gasteiger partial charge in [0.2, 0.25) is 0 Å². The van der Waals surface area contributed by atoms with Crippen molar-refractivity contribution in [2.75, 3.05) is 13.2 Å². The summed E-state index contributed by atoms with van der Waals surface area (Å²) < 4.78 is 16.7. The van der Waals surface area contributed by atoms with Crippen molar-refractivity contribution in [3.05, 3.63) is 42.5 Å². The quantitative estimate of drug-likeness (QED) is 0.111. The van der Waals surface area contributed by atoms with E-state index in [1.54, 1.807) is 0 Å². The molecule has 5 nitrogen and oxygen atoms in total. The minimum absolute atomic E-state index is 0.0364. The largest absolute Gasteiger partial charge is 0.463 e. The third-order valence-corrected chi connectivity index (χ3v) is 6.65. The van der Waals surface area contributed by atoms with Crippen molar-refractivity contribution >= 4 is 11.9 Å². The molecule has 1 saturated carbocycles. The van der Waals surface area contributed by atoms with Crippen LogP contribution in [0, 0.1) is 5.92 Å². The molecule has 0 N–H and O–H groups in total. The maximum absolute atomic E-state index is 12.6. The van der Waals surface area contributed by atoms with E-state index >= 15 is 0 Å². The lowest BCUT2D eigenvalue weighted by Crippen LogP contribution is -2.29. The normalized spacial score (nSPS) is 18.0. The van der Waals surface area contributed by atoms with Crippen molar-refractivity contribution in [1.29, 1.82) is 0 Å². The number of esters is 2. The Morgan fingerprint density at radius 2 is 1.56 bits per heavy atom. The Labute approximate surface area is 206 Å². The van der Waals surface area contributed by atoms with Gasteiger partial charge >= 0.3 is 11.9 Å². The lowest BCUT2D eigenvalue weighted by molar-refractivity contribution is -0.141. The summed E-state index contributed by atoms with van der Waals surface area (Å²) in [6.45, 7) is 9.04.